The minimum Gasteiger partial charge on any atom is -0.370 e. The summed E-state index contributed by atoms with van der Waals surface area (Å²) in [6.45, 7) is 2.05. The van der Waals surface area contributed by atoms with Crippen LogP contribution in [0.5, 0.6) is 0 Å². The summed E-state index contributed by atoms with van der Waals surface area (Å²) >= 11 is 1.74. The van der Waals surface area contributed by atoms with Crippen LogP contribution in [0.2, 0.25) is 0 Å². The van der Waals surface area contributed by atoms with Gasteiger partial charge in [0.05, 0.1) is 11.9 Å². The van der Waals surface area contributed by atoms with E-state index in [0.717, 1.165) is 19.3 Å². The van der Waals surface area contributed by atoms with Gasteiger partial charge in [-0.3, -0.25) is 19.6 Å². The molecule has 2 heterocycles. The molecule has 0 radical (unpaired) electrons. The third kappa shape index (κ3) is 6.89. The Bertz CT molecular complexity index is 1190. The second-order valence-corrected chi connectivity index (χ2v) is 11.1. The number of nitrogens with zero attached hydrogens (tertiary/aromatic N) is 4. The highest BCUT2D eigenvalue weighted by molar-refractivity contribution is 8.00. The zero-order valence-electron chi connectivity index (χ0n) is 21.7. The van der Waals surface area contributed by atoms with Crippen molar-refractivity contribution < 1.29 is 9.59 Å². The maximum Gasteiger partial charge on any atom is 0.245 e. The van der Waals surface area contributed by atoms with Gasteiger partial charge in [-0.2, -0.15) is 0 Å². The van der Waals surface area contributed by atoms with Gasteiger partial charge in [-0.1, -0.05) is 42.5 Å². The maximum atomic E-state index is 13.7. The number of fused-ring (bicyclic) bond motifs is 2. The molecule has 0 bridgehead atoms. The fourth-order valence-corrected chi connectivity index (χ4v) is 6.63. The van der Waals surface area contributed by atoms with E-state index in [9.17, 15) is 9.59 Å². The van der Waals surface area contributed by atoms with Crippen LogP contribution < -0.4 is 22.9 Å². The Morgan fingerprint density at radius 3 is 2.39 bits per heavy atom. The first-order valence-corrected chi connectivity index (χ1v) is 14.2. The van der Waals surface area contributed by atoms with Crippen LogP contribution in [0, 0.1) is 5.92 Å². The van der Waals surface area contributed by atoms with Crippen LogP contribution in [-0.4, -0.2) is 76.9 Å². The van der Waals surface area contributed by atoms with E-state index in [-0.39, 0.29) is 35.0 Å². The topological polar surface area (TPSA) is 169 Å². The Labute approximate surface area is 227 Å². The first kappa shape index (κ1) is 27.6. The smallest absolute Gasteiger partial charge is 0.245 e. The summed E-state index contributed by atoms with van der Waals surface area (Å²) in [5.74, 6) is 0.612. The highest BCUT2D eigenvalue weighted by Gasteiger charge is 2.47. The molecule has 3 atom stereocenters. The molecule has 0 aromatic heterocycles. The van der Waals surface area contributed by atoms with Crippen molar-refractivity contribution in [2.75, 3.05) is 31.9 Å². The molecule has 204 valence electrons. The van der Waals surface area contributed by atoms with Crippen molar-refractivity contribution in [3.63, 3.8) is 0 Å². The molecule has 10 nitrogen and oxygen atoms in total. The molecular weight excluding hydrogens is 500 g/mol. The van der Waals surface area contributed by atoms with E-state index in [1.807, 2.05) is 21.9 Å². The summed E-state index contributed by atoms with van der Waals surface area (Å²) in [5, 5.41) is 2.34. The first-order valence-electron chi connectivity index (χ1n) is 13.1. The van der Waals surface area contributed by atoms with Crippen LogP contribution in [-0.2, 0) is 16.0 Å². The Kier molecular flexibility index (Phi) is 9.33. The van der Waals surface area contributed by atoms with E-state index in [4.69, 9.17) is 22.9 Å². The molecule has 8 N–H and O–H groups in total. The van der Waals surface area contributed by atoms with E-state index in [0.29, 0.717) is 44.8 Å². The lowest BCUT2D eigenvalue weighted by atomic mass is 9.98. The van der Waals surface area contributed by atoms with Gasteiger partial charge >= 0.3 is 0 Å². The van der Waals surface area contributed by atoms with Gasteiger partial charge in [0.2, 0.25) is 11.8 Å². The number of hydrogen-bond acceptors (Lipinski definition) is 5. The van der Waals surface area contributed by atoms with Crippen LogP contribution in [0.25, 0.3) is 10.8 Å². The number of guanidine groups is 2. The van der Waals surface area contributed by atoms with Crippen molar-refractivity contribution in [1.29, 1.82) is 0 Å². The molecule has 38 heavy (non-hydrogen) atoms. The molecular formula is C27H38N8O2S. The molecule has 2 aromatic rings. The van der Waals surface area contributed by atoms with Gasteiger partial charge in [0.1, 0.15) is 6.04 Å². The normalized spacial score (nSPS) is 21.3. The second kappa shape index (κ2) is 12.9. The van der Waals surface area contributed by atoms with E-state index >= 15 is 0 Å². The highest BCUT2D eigenvalue weighted by Crippen LogP contribution is 2.36. The number of unbranched alkanes of at least 4 members (excludes halogenated alkanes) is 1. The number of amides is 2. The van der Waals surface area contributed by atoms with Gasteiger partial charge in [0, 0.05) is 31.3 Å². The Hall–Kier alpha value is -3.47. The van der Waals surface area contributed by atoms with Gasteiger partial charge in [0.15, 0.2) is 11.9 Å². The van der Waals surface area contributed by atoms with E-state index in [2.05, 4.69) is 40.3 Å². The van der Waals surface area contributed by atoms with Crippen LogP contribution in [0.3, 0.4) is 0 Å². The van der Waals surface area contributed by atoms with Gasteiger partial charge < -0.3 is 32.7 Å². The Balaban J connectivity index is 1.45. The monoisotopic (exact) mass is 538 g/mol. The molecule has 2 aromatic carbocycles. The van der Waals surface area contributed by atoms with E-state index in [1.165, 1.54) is 16.3 Å². The molecule has 0 saturated carbocycles. The predicted octanol–water partition coefficient (Wildman–Crippen LogP) is 1.22. The first-order chi connectivity index (χ1) is 18.3. The standard InChI is InChI=1S/C27H38N8O2S/c28-26(29)32-12-4-3-7-22-25(37)34(14-11-18-8-9-19-5-1-2-6-20(19)15-18)16-23-35(22)24(36)21(17-38-23)10-13-33-27(30)31/h1-2,5-6,8-9,15,21-23H,3-4,7,10-14,16-17H2,(H4,28,29,32)(H4,30,31,33)/t21-,22+,23-/m1/s1. The molecule has 0 spiro atoms. The summed E-state index contributed by atoms with van der Waals surface area (Å²) in [7, 11) is 0. The van der Waals surface area contributed by atoms with E-state index in [1.54, 1.807) is 11.8 Å². The lowest BCUT2D eigenvalue weighted by molar-refractivity contribution is -0.155. The summed E-state index contributed by atoms with van der Waals surface area (Å²) in [6.07, 6.45) is 3.39. The third-order valence-corrected chi connectivity index (χ3v) is 8.50. The predicted molar refractivity (Wildman–Crippen MR) is 154 cm³/mol. The lowest BCUT2D eigenvalue weighted by Crippen LogP contribution is -2.65. The lowest BCUT2D eigenvalue weighted by Gasteiger charge is -2.49. The largest absolute Gasteiger partial charge is 0.370 e. The quantitative estimate of drug-likeness (QED) is 0.189. The molecule has 11 heteroatoms. The van der Waals surface area contributed by atoms with Crippen LogP contribution >= 0.6 is 11.8 Å². The molecule has 2 aliphatic rings. The number of hydrogen-bond donors (Lipinski definition) is 4. The summed E-state index contributed by atoms with van der Waals surface area (Å²) in [4.78, 5) is 39.2. The average molecular weight is 539 g/mol. The molecule has 0 aliphatic carbocycles. The minimum absolute atomic E-state index is 0.0164. The maximum absolute atomic E-state index is 13.7. The van der Waals surface area contributed by atoms with Crippen molar-refractivity contribution in [2.24, 2.45) is 38.8 Å². The van der Waals surface area contributed by atoms with Gasteiger partial charge in [0.25, 0.3) is 0 Å². The fourth-order valence-electron chi connectivity index (χ4n) is 5.17. The number of piperazine rings is 1. The zero-order valence-corrected chi connectivity index (χ0v) is 22.5. The molecule has 2 amide bonds. The van der Waals surface area contributed by atoms with E-state index < -0.39 is 6.04 Å². The summed E-state index contributed by atoms with van der Waals surface area (Å²) < 4.78 is 0. The summed E-state index contributed by atoms with van der Waals surface area (Å²) in [6, 6.07) is 14.2. The Morgan fingerprint density at radius 1 is 0.895 bits per heavy atom. The zero-order chi connectivity index (χ0) is 27.1. The highest BCUT2D eigenvalue weighted by atomic mass is 32.2. The van der Waals surface area contributed by atoms with Crippen LogP contribution in [0.15, 0.2) is 52.4 Å². The molecule has 2 saturated heterocycles. The number of carbonyl (C=O) groups is 2. The van der Waals surface area contributed by atoms with Gasteiger partial charge in [-0.05, 0) is 48.4 Å². The number of carbonyl (C=O) groups excluding carboxylic acids is 2. The molecule has 4 rings (SSSR count). The molecule has 2 aliphatic heterocycles. The number of nitrogens with two attached hydrogens (primary N) is 4. The van der Waals surface area contributed by atoms with Crippen molar-refractivity contribution in [2.45, 2.75) is 43.5 Å². The van der Waals surface area contributed by atoms with Crippen LogP contribution in [0.4, 0.5) is 0 Å². The van der Waals surface area contributed by atoms with Gasteiger partial charge in [-0.25, -0.2) is 0 Å². The third-order valence-electron chi connectivity index (χ3n) is 7.15. The van der Waals surface area contributed by atoms with Crippen molar-refractivity contribution >= 4 is 46.3 Å². The second-order valence-electron chi connectivity index (χ2n) is 9.86. The van der Waals surface area contributed by atoms with Crippen molar-refractivity contribution in [3.8, 4) is 0 Å². The minimum atomic E-state index is -0.490. The Morgan fingerprint density at radius 2 is 1.63 bits per heavy atom. The number of rotatable bonds is 11. The summed E-state index contributed by atoms with van der Waals surface area (Å²) in [5.41, 5.74) is 23.0. The molecule has 0 unspecified atom stereocenters. The number of aliphatic imine (C=N–C) groups is 2. The fraction of sp³-hybridized carbons (Fsp3) is 0.481. The average Bonchev–Trinajstić information content (AvgIpc) is 2.89. The van der Waals surface area contributed by atoms with Crippen LogP contribution in [0.1, 0.15) is 31.2 Å². The SMILES string of the molecule is NC(N)=NCCCC[C@H]1C(=O)N(CCc2ccc3ccccc3c2)C[C@H]2SC[C@@H](CCN=C(N)N)C(=O)N21. The van der Waals surface area contributed by atoms with Crippen molar-refractivity contribution in [1.82, 2.24) is 9.80 Å². The van der Waals surface area contributed by atoms with Gasteiger partial charge in [-0.15, -0.1) is 11.8 Å². The molecule has 2 fully saturated rings. The number of benzene rings is 2. The number of thioether (sulfide) groups is 1. The van der Waals surface area contributed by atoms with Crippen molar-refractivity contribution in [3.05, 3.63) is 48.0 Å².